The number of nitrogens with zero attached hydrogens (tertiary/aromatic N) is 8. The zero-order valence-electron chi connectivity index (χ0n) is 17.5. The molecule has 0 unspecified atom stereocenters. The van der Waals surface area contributed by atoms with Gasteiger partial charge in [-0.25, -0.2) is 23.4 Å². The fourth-order valence-corrected chi connectivity index (χ4v) is 3.52. The number of fused-ring (bicyclic) bond motifs is 1. The number of pyridine rings is 2. The Morgan fingerprint density at radius 2 is 1.89 bits per heavy atom. The second-order valence-corrected chi connectivity index (χ2v) is 7.11. The molecule has 1 aromatic carbocycles. The van der Waals surface area contributed by atoms with Gasteiger partial charge in [0.15, 0.2) is 5.82 Å². The molecule has 0 aliphatic carbocycles. The van der Waals surface area contributed by atoms with Gasteiger partial charge in [0.2, 0.25) is 5.95 Å². The molecule has 0 fully saturated rings. The monoisotopic (exact) mass is 475 g/mol. The third kappa shape index (κ3) is 3.93. The van der Waals surface area contributed by atoms with E-state index in [2.05, 4.69) is 30.6 Å². The molecule has 5 aromatic rings. The average Bonchev–Trinajstić information content (AvgIpc) is 3.54. The molecule has 13 heteroatoms. The summed E-state index contributed by atoms with van der Waals surface area (Å²) in [5, 5.41) is 24.1. The molecular formula is C22H12F3N9O. The first kappa shape index (κ1) is 21.7. The van der Waals surface area contributed by atoms with Gasteiger partial charge in [-0.2, -0.15) is 24.9 Å². The smallest absolute Gasteiger partial charge is 0.281 e. The highest BCUT2D eigenvalue weighted by Gasteiger charge is 2.26. The minimum atomic E-state index is -3.07. The van der Waals surface area contributed by atoms with Crippen molar-refractivity contribution in [2.24, 2.45) is 0 Å². The Bertz CT molecular complexity index is 1610. The minimum absolute atomic E-state index is 0.0549. The maximum absolute atomic E-state index is 14.1. The van der Waals surface area contributed by atoms with Gasteiger partial charge in [0.25, 0.3) is 12.3 Å². The SMILES string of the molecule is N#Cc1cc(NC(=O)c2cnn(-c3cccc4nc(F)ccc34)c2C(F)F)cnc1-n1nccn1. The van der Waals surface area contributed by atoms with Crippen LogP contribution in [0.1, 0.15) is 28.0 Å². The molecule has 0 saturated heterocycles. The number of carbonyl (C=O) groups is 1. The summed E-state index contributed by atoms with van der Waals surface area (Å²) in [5.74, 6) is -1.46. The topological polar surface area (TPSA) is 127 Å². The third-order valence-corrected chi connectivity index (χ3v) is 5.01. The molecule has 35 heavy (non-hydrogen) atoms. The summed E-state index contributed by atoms with van der Waals surface area (Å²) in [4.78, 5) is 21.9. The number of nitriles is 1. The Hall–Kier alpha value is -5.12. The van der Waals surface area contributed by atoms with Crippen LogP contribution >= 0.6 is 0 Å². The van der Waals surface area contributed by atoms with E-state index in [1.807, 2.05) is 6.07 Å². The van der Waals surface area contributed by atoms with Crippen molar-refractivity contribution < 1.29 is 18.0 Å². The predicted molar refractivity (Wildman–Crippen MR) is 116 cm³/mol. The zero-order valence-corrected chi connectivity index (χ0v) is 17.5. The lowest BCUT2D eigenvalue weighted by Crippen LogP contribution is -2.16. The molecule has 4 heterocycles. The summed E-state index contributed by atoms with van der Waals surface area (Å²) in [6, 6.07) is 10.3. The molecule has 1 amide bonds. The Balaban J connectivity index is 1.51. The number of hydrogen-bond acceptors (Lipinski definition) is 7. The average molecular weight is 475 g/mol. The number of rotatable bonds is 5. The number of nitrogens with one attached hydrogen (secondary N) is 1. The number of benzene rings is 1. The molecule has 4 aromatic heterocycles. The minimum Gasteiger partial charge on any atom is -0.320 e. The molecule has 0 radical (unpaired) electrons. The Morgan fingerprint density at radius 1 is 1.09 bits per heavy atom. The van der Waals surface area contributed by atoms with Crippen LogP contribution in [0.4, 0.5) is 18.9 Å². The fraction of sp³-hybridized carbons (Fsp3) is 0.0455. The van der Waals surface area contributed by atoms with Crippen molar-refractivity contribution in [1.82, 2.24) is 34.7 Å². The van der Waals surface area contributed by atoms with Crippen molar-refractivity contribution in [2.45, 2.75) is 6.43 Å². The lowest BCUT2D eigenvalue weighted by atomic mass is 10.1. The largest absolute Gasteiger partial charge is 0.320 e. The van der Waals surface area contributed by atoms with Gasteiger partial charge in [-0.05, 0) is 30.3 Å². The molecule has 5 rings (SSSR count). The highest BCUT2D eigenvalue weighted by molar-refractivity contribution is 6.05. The third-order valence-electron chi connectivity index (χ3n) is 5.01. The molecule has 0 bridgehead atoms. The van der Waals surface area contributed by atoms with Gasteiger partial charge in [-0.15, -0.1) is 4.80 Å². The number of alkyl halides is 2. The van der Waals surface area contributed by atoms with Gasteiger partial charge in [-0.3, -0.25) is 4.79 Å². The van der Waals surface area contributed by atoms with Crippen LogP contribution in [-0.4, -0.2) is 40.6 Å². The maximum atomic E-state index is 14.1. The number of aromatic nitrogens is 7. The predicted octanol–water partition coefficient (Wildman–Crippen LogP) is 3.60. The quantitative estimate of drug-likeness (QED) is 0.385. The Morgan fingerprint density at radius 3 is 2.63 bits per heavy atom. The van der Waals surface area contributed by atoms with Crippen molar-refractivity contribution in [1.29, 1.82) is 5.26 Å². The summed E-state index contributed by atoms with van der Waals surface area (Å²) in [7, 11) is 0. The van der Waals surface area contributed by atoms with Gasteiger partial charge < -0.3 is 5.32 Å². The van der Waals surface area contributed by atoms with Crippen LogP contribution in [0.5, 0.6) is 0 Å². The van der Waals surface area contributed by atoms with E-state index in [1.54, 1.807) is 0 Å². The molecule has 0 aliphatic rings. The highest BCUT2D eigenvalue weighted by Crippen LogP contribution is 2.30. The Kier molecular flexibility index (Phi) is 5.38. The van der Waals surface area contributed by atoms with Gasteiger partial charge in [0, 0.05) is 5.39 Å². The van der Waals surface area contributed by atoms with Crippen molar-refractivity contribution in [3.63, 3.8) is 0 Å². The number of halogens is 3. The van der Waals surface area contributed by atoms with E-state index in [9.17, 15) is 23.2 Å². The highest BCUT2D eigenvalue weighted by atomic mass is 19.3. The van der Waals surface area contributed by atoms with Crippen LogP contribution in [0.2, 0.25) is 0 Å². The van der Waals surface area contributed by atoms with Crippen LogP contribution in [0.25, 0.3) is 22.4 Å². The van der Waals surface area contributed by atoms with E-state index in [0.29, 0.717) is 5.39 Å². The number of hydrogen-bond donors (Lipinski definition) is 1. The van der Waals surface area contributed by atoms with Gasteiger partial charge >= 0.3 is 0 Å². The molecule has 10 nitrogen and oxygen atoms in total. The van der Waals surface area contributed by atoms with Crippen LogP contribution in [-0.2, 0) is 0 Å². The van der Waals surface area contributed by atoms with Crippen LogP contribution in [0.3, 0.4) is 0 Å². The van der Waals surface area contributed by atoms with Crippen LogP contribution in [0, 0.1) is 17.3 Å². The van der Waals surface area contributed by atoms with Gasteiger partial charge in [0.05, 0.1) is 47.2 Å². The fourth-order valence-electron chi connectivity index (χ4n) is 3.52. The van der Waals surface area contributed by atoms with Crippen LogP contribution in [0.15, 0.2) is 61.2 Å². The van der Waals surface area contributed by atoms with Crippen LogP contribution < -0.4 is 5.32 Å². The number of anilines is 1. The molecular weight excluding hydrogens is 463 g/mol. The van der Waals surface area contributed by atoms with Crippen molar-refractivity contribution in [3.05, 3.63) is 84.0 Å². The Labute approximate surface area is 194 Å². The number of amides is 1. The van der Waals surface area contributed by atoms with E-state index in [1.165, 1.54) is 48.9 Å². The summed E-state index contributed by atoms with van der Waals surface area (Å²) >= 11 is 0. The molecule has 0 saturated carbocycles. The van der Waals surface area contributed by atoms with Gasteiger partial charge in [0.1, 0.15) is 17.3 Å². The second kappa shape index (κ2) is 8.67. The maximum Gasteiger partial charge on any atom is 0.281 e. The first-order chi connectivity index (χ1) is 17.0. The first-order valence-electron chi connectivity index (χ1n) is 9.96. The van der Waals surface area contributed by atoms with E-state index in [-0.39, 0.29) is 33.8 Å². The van der Waals surface area contributed by atoms with Gasteiger partial charge in [-0.1, -0.05) is 6.07 Å². The van der Waals surface area contributed by atoms with Crippen molar-refractivity contribution in [2.75, 3.05) is 5.32 Å². The zero-order chi connectivity index (χ0) is 24.5. The molecule has 0 aliphatic heterocycles. The molecule has 0 atom stereocenters. The molecule has 172 valence electrons. The standard InChI is InChI=1S/C22H12F3N9O/c23-18-5-4-14-16(32-18)2-1-3-17(14)33-19(20(24)25)15(11-30-33)22(35)31-13-8-12(9-26)21(27-10-13)34-28-6-7-29-34/h1-8,10-11,20H,(H,31,35). The second-order valence-electron chi connectivity index (χ2n) is 7.11. The summed E-state index contributed by atoms with van der Waals surface area (Å²) < 4.78 is 42.7. The van der Waals surface area contributed by atoms with E-state index >= 15 is 0 Å². The van der Waals surface area contributed by atoms with Crippen molar-refractivity contribution in [3.8, 4) is 17.6 Å². The van der Waals surface area contributed by atoms with E-state index in [4.69, 9.17) is 0 Å². The molecule has 0 spiro atoms. The molecule has 1 N–H and O–H groups in total. The lowest BCUT2D eigenvalue weighted by molar-refractivity contribution is 0.100. The lowest BCUT2D eigenvalue weighted by Gasteiger charge is -2.12. The first-order valence-corrected chi connectivity index (χ1v) is 9.96. The van der Waals surface area contributed by atoms with E-state index < -0.39 is 24.0 Å². The van der Waals surface area contributed by atoms with Crippen molar-refractivity contribution >= 4 is 22.5 Å². The summed E-state index contributed by atoms with van der Waals surface area (Å²) in [6.07, 6.45) is 2.00. The summed E-state index contributed by atoms with van der Waals surface area (Å²) in [6.45, 7) is 0. The summed E-state index contributed by atoms with van der Waals surface area (Å²) in [5.41, 5.74) is -0.451. The normalized spacial score (nSPS) is 11.1. The number of carbonyl (C=O) groups excluding carboxylic acids is 1. The van der Waals surface area contributed by atoms with E-state index in [0.717, 1.165) is 21.7 Å².